The van der Waals surface area contributed by atoms with E-state index < -0.39 is 23.1 Å². The quantitative estimate of drug-likeness (QED) is 0.715. The number of piperidine rings is 1. The Balaban J connectivity index is 1.54. The average Bonchev–Trinajstić information content (AvgIpc) is 2.76. The van der Waals surface area contributed by atoms with Gasteiger partial charge in [0, 0.05) is 43.2 Å². The molecule has 154 valence electrons. The molecule has 1 amide bonds. The highest BCUT2D eigenvalue weighted by atomic mass is 19.2. The fourth-order valence-corrected chi connectivity index (χ4v) is 3.70. The molecule has 3 aromatic rings. The molecule has 0 saturated carbocycles. The highest BCUT2D eigenvalue weighted by Crippen LogP contribution is 2.30. The largest absolute Gasteiger partial charge is 0.389 e. The molecular weight excluding hydrogens is 390 g/mol. The van der Waals surface area contributed by atoms with Gasteiger partial charge in [0.15, 0.2) is 11.6 Å². The molecule has 1 fully saturated rings. The van der Waals surface area contributed by atoms with Crippen molar-refractivity contribution in [2.24, 2.45) is 0 Å². The van der Waals surface area contributed by atoms with Crippen molar-refractivity contribution in [3.05, 3.63) is 78.0 Å². The lowest BCUT2D eigenvalue weighted by molar-refractivity contribution is -0.0168. The summed E-state index contributed by atoms with van der Waals surface area (Å²) in [5.41, 5.74) is 0.384. The molecule has 30 heavy (non-hydrogen) atoms. The van der Waals surface area contributed by atoms with E-state index in [1.165, 1.54) is 18.6 Å². The topological polar surface area (TPSA) is 79.2 Å². The Morgan fingerprint density at radius 2 is 1.83 bits per heavy atom. The molecule has 1 saturated heterocycles. The zero-order valence-electron chi connectivity index (χ0n) is 16.1. The summed E-state index contributed by atoms with van der Waals surface area (Å²) < 4.78 is 27.8. The van der Waals surface area contributed by atoms with Crippen LogP contribution in [-0.2, 0) is 6.42 Å². The molecule has 0 bridgehead atoms. The fourth-order valence-electron chi connectivity index (χ4n) is 3.70. The number of halogens is 2. The number of hydrogen-bond acceptors (Lipinski definition) is 5. The van der Waals surface area contributed by atoms with Gasteiger partial charge in [-0.25, -0.2) is 18.7 Å². The highest BCUT2D eigenvalue weighted by molar-refractivity contribution is 6.00. The first-order chi connectivity index (χ1) is 14.5. The van der Waals surface area contributed by atoms with Gasteiger partial charge in [0.05, 0.1) is 16.9 Å². The Morgan fingerprint density at radius 3 is 2.50 bits per heavy atom. The molecule has 0 unspecified atom stereocenters. The Labute approximate surface area is 172 Å². The number of rotatable bonds is 4. The Bertz CT molecular complexity index is 1040. The number of aliphatic hydroxyl groups is 1. The second-order valence-corrected chi connectivity index (χ2v) is 7.42. The zero-order chi connectivity index (χ0) is 21.1. The number of carbonyl (C=O) groups excluding carboxylic acids is 1. The first kappa shape index (κ1) is 20.0. The first-order valence-corrected chi connectivity index (χ1v) is 9.62. The van der Waals surface area contributed by atoms with E-state index in [0.29, 0.717) is 38.0 Å². The summed E-state index contributed by atoms with van der Waals surface area (Å²) >= 11 is 0. The Hall–Kier alpha value is -3.26. The number of pyridine rings is 1. The minimum absolute atomic E-state index is 0.0303. The van der Waals surface area contributed by atoms with E-state index in [4.69, 9.17) is 0 Å². The van der Waals surface area contributed by atoms with E-state index in [0.717, 1.165) is 17.8 Å². The summed E-state index contributed by atoms with van der Waals surface area (Å²) in [5, 5.41) is 10.9. The van der Waals surface area contributed by atoms with Crippen LogP contribution in [0.3, 0.4) is 0 Å². The summed E-state index contributed by atoms with van der Waals surface area (Å²) in [5.74, 6) is -2.58. The van der Waals surface area contributed by atoms with Crippen LogP contribution in [0.5, 0.6) is 0 Å². The standard InChI is InChI=1S/C22H20F2N4O2/c23-18-11-16(20-4-8-25-14-27-20)17(12-19(18)24)21(29)28-9-5-22(30,6-10-28)13-15-3-1-2-7-26-15/h1-4,7-8,11-12,14,30H,5-6,9-10,13H2. The number of nitrogens with zero attached hydrogens (tertiary/aromatic N) is 4. The molecule has 4 rings (SSSR count). The van der Waals surface area contributed by atoms with E-state index in [2.05, 4.69) is 15.0 Å². The second-order valence-electron chi connectivity index (χ2n) is 7.42. The molecule has 2 aromatic heterocycles. The molecule has 1 aromatic carbocycles. The van der Waals surface area contributed by atoms with E-state index >= 15 is 0 Å². The SMILES string of the molecule is O=C(c1cc(F)c(F)cc1-c1ccncn1)N1CCC(O)(Cc2ccccn2)CC1. The first-order valence-electron chi connectivity index (χ1n) is 9.62. The molecule has 3 heterocycles. The maximum Gasteiger partial charge on any atom is 0.254 e. The van der Waals surface area contributed by atoms with Crippen molar-refractivity contribution in [2.75, 3.05) is 13.1 Å². The Morgan fingerprint density at radius 1 is 1.07 bits per heavy atom. The van der Waals surface area contributed by atoms with Crippen molar-refractivity contribution < 1.29 is 18.7 Å². The number of carbonyl (C=O) groups is 1. The smallest absolute Gasteiger partial charge is 0.254 e. The van der Waals surface area contributed by atoms with Crippen LogP contribution in [0.25, 0.3) is 11.3 Å². The lowest BCUT2D eigenvalue weighted by Gasteiger charge is -2.38. The van der Waals surface area contributed by atoms with Gasteiger partial charge in [-0.15, -0.1) is 0 Å². The van der Waals surface area contributed by atoms with Crippen LogP contribution >= 0.6 is 0 Å². The van der Waals surface area contributed by atoms with Crippen LogP contribution in [0.4, 0.5) is 8.78 Å². The van der Waals surface area contributed by atoms with Crippen LogP contribution in [-0.4, -0.2) is 49.6 Å². The Kier molecular flexibility index (Phi) is 5.50. The van der Waals surface area contributed by atoms with E-state index in [1.54, 1.807) is 11.1 Å². The lowest BCUT2D eigenvalue weighted by Crippen LogP contribution is -2.48. The van der Waals surface area contributed by atoms with Crippen molar-refractivity contribution in [3.8, 4) is 11.3 Å². The van der Waals surface area contributed by atoms with Crippen molar-refractivity contribution in [1.29, 1.82) is 0 Å². The monoisotopic (exact) mass is 410 g/mol. The van der Waals surface area contributed by atoms with Gasteiger partial charge in [0.25, 0.3) is 5.91 Å². The molecule has 1 N–H and O–H groups in total. The van der Waals surface area contributed by atoms with Crippen LogP contribution in [0, 0.1) is 11.6 Å². The third kappa shape index (κ3) is 4.18. The van der Waals surface area contributed by atoms with E-state index in [1.807, 2.05) is 18.2 Å². The fraction of sp³-hybridized carbons (Fsp3) is 0.273. The average molecular weight is 410 g/mol. The van der Waals surface area contributed by atoms with Gasteiger partial charge in [0.2, 0.25) is 0 Å². The molecule has 0 aliphatic carbocycles. The van der Waals surface area contributed by atoms with Crippen molar-refractivity contribution in [2.45, 2.75) is 24.9 Å². The molecular formula is C22H20F2N4O2. The normalized spacial score (nSPS) is 15.8. The number of aromatic nitrogens is 3. The lowest BCUT2D eigenvalue weighted by atomic mass is 9.86. The van der Waals surface area contributed by atoms with Gasteiger partial charge in [-0.2, -0.15) is 0 Å². The molecule has 1 aliphatic rings. The van der Waals surface area contributed by atoms with Gasteiger partial charge in [-0.05, 0) is 43.2 Å². The summed E-state index contributed by atoms with van der Waals surface area (Å²) in [6, 6.07) is 8.94. The summed E-state index contributed by atoms with van der Waals surface area (Å²) in [6.07, 6.45) is 5.55. The molecule has 8 heteroatoms. The van der Waals surface area contributed by atoms with Crippen molar-refractivity contribution in [1.82, 2.24) is 19.9 Å². The van der Waals surface area contributed by atoms with Gasteiger partial charge in [0.1, 0.15) is 6.33 Å². The maximum atomic E-state index is 13.9. The van der Waals surface area contributed by atoms with Crippen LogP contribution in [0.15, 0.2) is 55.1 Å². The van der Waals surface area contributed by atoms with Crippen molar-refractivity contribution in [3.63, 3.8) is 0 Å². The molecule has 0 spiro atoms. The zero-order valence-corrected chi connectivity index (χ0v) is 16.1. The predicted molar refractivity (Wildman–Crippen MR) is 105 cm³/mol. The van der Waals surface area contributed by atoms with Crippen LogP contribution in [0.2, 0.25) is 0 Å². The third-order valence-electron chi connectivity index (χ3n) is 5.37. The van der Waals surface area contributed by atoms with Gasteiger partial charge >= 0.3 is 0 Å². The van der Waals surface area contributed by atoms with Gasteiger partial charge in [-0.1, -0.05) is 6.07 Å². The van der Waals surface area contributed by atoms with E-state index in [9.17, 15) is 18.7 Å². The summed E-state index contributed by atoms with van der Waals surface area (Å²) in [7, 11) is 0. The molecule has 1 aliphatic heterocycles. The minimum Gasteiger partial charge on any atom is -0.389 e. The molecule has 0 radical (unpaired) electrons. The van der Waals surface area contributed by atoms with Crippen LogP contribution in [0.1, 0.15) is 28.9 Å². The minimum atomic E-state index is -1.10. The number of likely N-dealkylation sites (tertiary alicyclic amines) is 1. The summed E-state index contributed by atoms with van der Waals surface area (Å²) in [6.45, 7) is 0.592. The van der Waals surface area contributed by atoms with E-state index in [-0.39, 0.29) is 11.1 Å². The predicted octanol–water partition coefficient (Wildman–Crippen LogP) is 3.03. The maximum absolute atomic E-state index is 13.9. The number of hydrogen-bond donors (Lipinski definition) is 1. The molecule has 0 atom stereocenters. The highest BCUT2D eigenvalue weighted by Gasteiger charge is 2.35. The van der Waals surface area contributed by atoms with Gasteiger partial charge in [-0.3, -0.25) is 9.78 Å². The van der Waals surface area contributed by atoms with Gasteiger partial charge < -0.3 is 10.0 Å². The number of amides is 1. The molecule has 6 nitrogen and oxygen atoms in total. The van der Waals surface area contributed by atoms with Crippen LogP contribution < -0.4 is 0 Å². The summed E-state index contributed by atoms with van der Waals surface area (Å²) in [4.78, 5) is 26.8. The second kappa shape index (κ2) is 8.23. The third-order valence-corrected chi connectivity index (χ3v) is 5.37. The van der Waals surface area contributed by atoms with Crippen molar-refractivity contribution >= 4 is 5.91 Å². The number of benzene rings is 1.